The summed E-state index contributed by atoms with van der Waals surface area (Å²) in [6, 6.07) is 7.58. The molecule has 0 bridgehead atoms. The monoisotopic (exact) mass is 787 g/mol. The van der Waals surface area contributed by atoms with Crippen LogP contribution in [0.5, 0.6) is 0 Å². The van der Waals surface area contributed by atoms with Crippen molar-refractivity contribution in [2.75, 3.05) is 42.0 Å². The van der Waals surface area contributed by atoms with E-state index in [1.807, 2.05) is 65.1 Å². The summed E-state index contributed by atoms with van der Waals surface area (Å²) in [5.74, 6) is -2.35. The normalized spacial score (nSPS) is 19.0. The van der Waals surface area contributed by atoms with Crippen LogP contribution in [0.2, 0.25) is 0 Å². The van der Waals surface area contributed by atoms with E-state index in [4.69, 9.17) is 14.2 Å². The Labute approximate surface area is 337 Å². The molecule has 12 heteroatoms. The number of nitrogens with one attached hydrogen (secondary N) is 1. The molecule has 1 heterocycles. The highest BCUT2D eigenvalue weighted by atomic mass is 16.5. The Bertz CT molecular complexity index is 1400. The van der Waals surface area contributed by atoms with Crippen LogP contribution in [0, 0.1) is 29.6 Å². The highest BCUT2D eigenvalue weighted by Gasteiger charge is 2.43. The zero-order chi connectivity index (χ0) is 42.4. The van der Waals surface area contributed by atoms with Crippen LogP contribution in [0.25, 0.3) is 0 Å². The van der Waals surface area contributed by atoms with Gasteiger partial charge in [0.2, 0.25) is 17.7 Å². The molecule has 0 radical (unpaired) electrons. The van der Waals surface area contributed by atoms with Crippen LogP contribution in [-0.2, 0) is 44.6 Å². The summed E-state index contributed by atoms with van der Waals surface area (Å²) in [5, 5.41) is 2.87. The number of hydrogen-bond acceptors (Lipinski definition) is 9. The van der Waals surface area contributed by atoms with Crippen molar-refractivity contribution in [3.8, 4) is 0 Å². The third-order valence-electron chi connectivity index (χ3n) is 12.1. The molecule has 0 spiro atoms. The summed E-state index contributed by atoms with van der Waals surface area (Å²) in [5.41, 5.74) is 0.880. The number of ether oxygens (including phenoxy) is 3. The largest absolute Gasteiger partial charge is 0.467 e. The SMILES string of the molecule is CC[C@H](C)[C@@H]([C@@H](CC(=O)N1CCC[C@H]1[C@H](OC)[C@@H](C)C(=O)N[C@@H](Cc1ccccc1)C(=O)OC)OC)N(C)C(=O)[C@@H](CC(=O)[C@H](C(C)C)N(C)C(C)C)C(C)C. The van der Waals surface area contributed by atoms with Crippen molar-refractivity contribution < 1.29 is 38.2 Å². The van der Waals surface area contributed by atoms with E-state index in [9.17, 15) is 24.0 Å². The first kappa shape index (κ1) is 48.8. The fraction of sp³-hybridized carbons (Fsp3) is 0.750. The molecule has 0 unspecified atom stereocenters. The van der Waals surface area contributed by atoms with Gasteiger partial charge in [0.1, 0.15) is 6.04 Å². The maximum atomic E-state index is 14.4. The molecule has 1 fully saturated rings. The maximum Gasteiger partial charge on any atom is 0.328 e. The van der Waals surface area contributed by atoms with E-state index in [-0.39, 0.29) is 78.6 Å². The molecule has 1 saturated heterocycles. The van der Waals surface area contributed by atoms with Gasteiger partial charge >= 0.3 is 5.97 Å². The number of likely N-dealkylation sites (tertiary alicyclic amines) is 1. The Morgan fingerprint density at radius 3 is 2.00 bits per heavy atom. The third kappa shape index (κ3) is 12.8. The smallest absolute Gasteiger partial charge is 0.328 e. The first-order valence-electron chi connectivity index (χ1n) is 20.6. The molecule has 56 heavy (non-hydrogen) atoms. The van der Waals surface area contributed by atoms with E-state index in [0.717, 1.165) is 18.4 Å². The number of amides is 3. The van der Waals surface area contributed by atoms with E-state index in [1.165, 1.54) is 14.2 Å². The molecule has 0 saturated carbocycles. The second kappa shape index (κ2) is 23.2. The Morgan fingerprint density at radius 1 is 0.875 bits per heavy atom. The van der Waals surface area contributed by atoms with Gasteiger partial charge in [-0.3, -0.25) is 24.1 Å². The lowest BCUT2D eigenvalue weighted by atomic mass is 9.83. The van der Waals surface area contributed by atoms with Crippen molar-refractivity contribution in [1.29, 1.82) is 0 Å². The number of methoxy groups -OCH3 is 3. The van der Waals surface area contributed by atoms with Gasteiger partial charge in [-0.2, -0.15) is 0 Å². The number of nitrogens with zero attached hydrogens (tertiary/aromatic N) is 3. The van der Waals surface area contributed by atoms with Gasteiger partial charge in [-0.1, -0.05) is 85.2 Å². The van der Waals surface area contributed by atoms with Crippen molar-refractivity contribution >= 4 is 29.5 Å². The Kier molecular flexibility index (Phi) is 20.2. The van der Waals surface area contributed by atoms with Crippen LogP contribution in [0.3, 0.4) is 0 Å². The first-order chi connectivity index (χ1) is 26.4. The lowest BCUT2D eigenvalue weighted by Gasteiger charge is -2.41. The number of ketones is 1. The molecule has 1 N–H and O–H groups in total. The van der Waals surface area contributed by atoms with E-state index in [2.05, 4.69) is 37.9 Å². The number of hydrogen-bond donors (Lipinski definition) is 1. The Hall–Kier alpha value is -3.35. The van der Waals surface area contributed by atoms with Gasteiger partial charge in [0, 0.05) is 52.6 Å². The highest BCUT2D eigenvalue weighted by Crippen LogP contribution is 2.31. The summed E-state index contributed by atoms with van der Waals surface area (Å²) in [6.45, 7) is 18.5. The minimum atomic E-state index is -0.887. The lowest BCUT2D eigenvalue weighted by molar-refractivity contribution is -0.150. The fourth-order valence-corrected chi connectivity index (χ4v) is 8.39. The molecule has 9 atom stereocenters. The van der Waals surface area contributed by atoms with E-state index >= 15 is 0 Å². The predicted octanol–water partition coefficient (Wildman–Crippen LogP) is 5.40. The van der Waals surface area contributed by atoms with Crippen LogP contribution >= 0.6 is 0 Å². The number of esters is 1. The van der Waals surface area contributed by atoms with Crippen LogP contribution in [0.15, 0.2) is 30.3 Å². The number of benzene rings is 1. The lowest BCUT2D eigenvalue weighted by Crippen LogP contribution is -2.55. The summed E-state index contributed by atoms with van der Waals surface area (Å²) < 4.78 is 17.0. The van der Waals surface area contributed by atoms with E-state index in [0.29, 0.717) is 13.0 Å². The van der Waals surface area contributed by atoms with E-state index in [1.54, 1.807) is 30.9 Å². The summed E-state index contributed by atoms with van der Waals surface area (Å²) in [7, 11) is 8.14. The van der Waals surface area contributed by atoms with Crippen LogP contribution < -0.4 is 5.32 Å². The van der Waals surface area contributed by atoms with Gasteiger partial charge in [-0.05, 0) is 57.1 Å². The average molecular weight is 787 g/mol. The van der Waals surface area contributed by atoms with Gasteiger partial charge in [0.25, 0.3) is 0 Å². The predicted molar refractivity (Wildman–Crippen MR) is 220 cm³/mol. The molecule has 1 aromatic rings. The molecule has 12 nitrogen and oxygen atoms in total. The molecule has 0 aromatic heterocycles. The van der Waals surface area contributed by atoms with E-state index < -0.39 is 42.1 Å². The zero-order valence-corrected chi connectivity index (χ0v) is 36.9. The molecule has 2 rings (SSSR count). The van der Waals surface area contributed by atoms with Gasteiger partial charge < -0.3 is 29.3 Å². The quantitative estimate of drug-likeness (QED) is 0.145. The van der Waals surface area contributed by atoms with Crippen LogP contribution in [0.4, 0.5) is 0 Å². The number of Topliss-reactive ketones (excluding diaryl/α,β-unsaturated/α-hetero) is 1. The van der Waals surface area contributed by atoms with Gasteiger partial charge in [-0.15, -0.1) is 0 Å². The number of likely N-dealkylation sites (N-methyl/N-ethyl adjacent to an activating group) is 2. The van der Waals surface area contributed by atoms with Gasteiger partial charge in [0.05, 0.1) is 49.8 Å². The zero-order valence-electron chi connectivity index (χ0n) is 36.9. The summed E-state index contributed by atoms with van der Waals surface area (Å²) in [6.07, 6.45) is 1.30. The minimum absolute atomic E-state index is 0.0100. The molecular formula is C44H74N4O8. The van der Waals surface area contributed by atoms with Crippen molar-refractivity contribution in [2.24, 2.45) is 29.6 Å². The molecule has 1 aliphatic rings. The fourth-order valence-electron chi connectivity index (χ4n) is 8.39. The average Bonchev–Trinajstić information content (AvgIpc) is 3.65. The topological polar surface area (TPSA) is 135 Å². The standard InChI is InChI=1S/C44H74N4O8/c1-15-30(8)40(47(11)43(52)33(27(2)3)25-36(49)39(28(4)5)46(10)29(6)7)37(54-12)26-38(50)48-23-19-22-35(48)41(55-13)31(9)42(51)45-34(44(53)56-14)24-32-20-17-16-18-21-32/h16-18,20-21,27-31,33-35,37,39-41H,15,19,22-26H2,1-14H3,(H,45,51)/t30-,31+,33-,34-,35-,37+,39-,40-,41+/m0/s1. The van der Waals surface area contributed by atoms with Gasteiger partial charge in [0.15, 0.2) is 5.78 Å². The van der Waals surface area contributed by atoms with Crippen LogP contribution in [0.1, 0.15) is 100.0 Å². The van der Waals surface area contributed by atoms with Crippen molar-refractivity contribution in [1.82, 2.24) is 20.0 Å². The molecule has 318 valence electrons. The molecule has 1 aromatic carbocycles. The number of carbonyl (C=O) groups is 5. The Balaban J connectivity index is 2.30. The second-order valence-electron chi connectivity index (χ2n) is 16.8. The molecular weight excluding hydrogens is 713 g/mol. The molecule has 0 aliphatic carbocycles. The summed E-state index contributed by atoms with van der Waals surface area (Å²) >= 11 is 0. The van der Waals surface area contributed by atoms with Crippen molar-refractivity contribution in [3.63, 3.8) is 0 Å². The second-order valence-corrected chi connectivity index (χ2v) is 16.8. The maximum absolute atomic E-state index is 14.4. The highest BCUT2D eigenvalue weighted by molar-refractivity contribution is 5.90. The number of carbonyl (C=O) groups excluding carboxylic acids is 5. The first-order valence-corrected chi connectivity index (χ1v) is 20.6. The molecule has 3 amide bonds. The van der Waals surface area contributed by atoms with Crippen molar-refractivity contribution in [3.05, 3.63) is 35.9 Å². The Morgan fingerprint density at radius 2 is 1.50 bits per heavy atom. The number of rotatable bonds is 23. The van der Waals surface area contributed by atoms with Crippen LogP contribution in [-0.4, -0.2) is 129 Å². The van der Waals surface area contributed by atoms with Crippen molar-refractivity contribution in [2.45, 2.75) is 143 Å². The third-order valence-corrected chi connectivity index (χ3v) is 12.1. The minimum Gasteiger partial charge on any atom is -0.467 e. The summed E-state index contributed by atoms with van der Waals surface area (Å²) in [4.78, 5) is 74.5. The molecule has 1 aliphatic heterocycles. The van der Waals surface area contributed by atoms with Gasteiger partial charge in [-0.25, -0.2) is 4.79 Å².